The lowest BCUT2D eigenvalue weighted by molar-refractivity contribution is -0.0881. The summed E-state index contributed by atoms with van der Waals surface area (Å²) in [6, 6.07) is 3.68. The molecule has 0 aromatic carbocycles. The van der Waals surface area contributed by atoms with Gasteiger partial charge in [-0.1, -0.05) is 43.1 Å². The van der Waals surface area contributed by atoms with Gasteiger partial charge in [-0.05, 0) is 43.0 Å². The van der Waals surface area contributed by atoms with E-state index in [0.717, 1.165) is 42.2 Å². The molecule has 1 aliphatic carbocycles. The maximum atomic E-state index is 13.4. The minimum atomic E-state index is -4.42. The van der Waals surface area contributed by atoms with Crippen LogP contribution in [0, 0.1) is 0 Å². The highest BCUT2D eigenvalue weighted by atomic mass is 32.1. The van der Waals surface area contributed by atoms with Crippen LogP contribution in [-0.2, 0) is 6.42 Å². The van der Waals surface area contributed by atoms with Crippen molar-refractivity contribution in [1.29, 1.82) is 0 Å². The molecule has 1 N–H and O–H groups in total. The summed E-state index contributed by atoms with van der Waals surface area (Å²) in [5.74, 6) is 1.24. The molecule has 0 amide bonds. The van der Waals surface area contributed by atoms with Gasteiger partial charge in [0.05, 0.1) is 17.0 Å². The average molecular weight is 475 g/mol. The highest BCUT2D eigenvalue weighted by Crippen LogP contribution is 2.36. The van der Waals surface area contributed by atoms with Crippen LogP contribution in [0.5, 0.6) is 0 Å². The molecule has 33 heavy (non-hydrogen) atoms. The molecular weight excluding hydrogens is 449 g/mol. The molecule has 3 heterocycles. The highest BCUT2D eigenvalue weighted by molar-refractivity contribution is 7.15. The Morgan fingerprint density at radius 1 is 1.24 bits per heavy atom. The summed E-state index contributed by atoms with van der Waals surface area (Å²) in [7, 11) is 1.98. The minimum absolute atomic E-state index is 0.402. The normalized spacial score (nSPS) is 16.5. The fourth-order valence-electron chi connectivity index (χ4n) is 3.71. The van der Waals surface area contributed by atoms with E-state index in [2.05, 4.69) is 27.0 Å². The van der Waals surface area contributed by atoms with Crippen molar-refractivity contribution in [2.75, 3.05) is 35.3 Å². The number of nitrogens with zero attached hydrogens (tertiary/aromatic N) is 5. The third-order valence-electron chi connectivity index (χ3n) is 5.45. The number of hydrogen-bond acceptors (Lipinski definition) is 7. The molecule has 2 aromatic rings. The van der Waals surface area contributed by atoms with Crippen LogP contribution < -0.4 is 15.1 Å². The van der Waals surface area contributed by atoms with Gasteiger partial charge in [0.1, 0.15) is 10.8 Å². The molecule has 0 unspecified atom stereocenters. The van der Waals surface area contributed by atoms with Crippen molar-refractivity contribution in [2.24, 2.45) is 0 Å². The lowest BCUT2D eigenvalue weighted by Gasteiger charge is -2.27. The Bertz CT molecular complexity index is 1130. The van der Waals surface area contributed by atoms with Crippen molar-refractivity contribution in [3.63, 3.8) is 0 Å². The Balaban J connectivity index is 1.70. The van der Waals surface area contributed by atoms with Gasteiger partial charge in [0, 0.05) is 20.1 Å². The van der Waals surface area contributed by atoms with E-state index in [1.807, 2.05) is 24.9 Å². The van der Waals surface area contributed by atoms with Crippen LogP contribution in [0.3, 0.4) is 0 Å². The van der Waals surface area contributed by atoms with Crippen LogP contribution in [-0.4, -0.2) is 41.5 Å². The summed E-state index contributed by atoms with van der Waals surface area (Å²) in [5.41, 5.74) is 1.12. The Kier molecular flexibility index (Phi) is 6.55. The number of aryl methyl sites for hydroxylation is 1. The minimum Gasteiger partial charge on any atom is -0.372 e. The van der Waals surface area contributed by atoms with Gasteiger partial charge >= 0.3 is 6.18 Å². The van der Waals surface area contributed by atoms with Crippen molar-refractivity contribution in [2.45, 2.75) is 32.4 Å². The second-order valence-electron chi connectivity index (χ2n) is 7.79. The quantitative estimate of drug-likeness (QED) is 0.613. The first-order chi connectivity index (χ1) is 15.8. The number of anilines is 3. The van der Waals surface area contributed by atoms with Gasteiger partial charge in [-0.3, -0.25) is 0 Å². The fourth-order valence-corrected chi connectivity index (χ4v) is 4.41. The topological polar surface area (TPSA) is 57.2 Å². The summed E-state index contributed by atoms with van der Waals surface area (Å²) in [6.45, 7) is 7.68. The number of halogens is 3. The van der Waals surface area contributed by atoms with E-state index in [1.165, 1.54) is 17.4 Å². The molecule has 0 spiro atoms. The van der Waals surface area contributed by atoms with Gasteiger partial charge in [-0.25, -0.2) is 4.98 Å². The van der Waals surface area contributed by atoms with Gasteiger partial charge < -0.3 is 15.1 Å². The van der Waals surface area contributed by atoms with Crippen molar-refractivity contribution in [3.8, 4) is 0 Å². The Morgan fingerprint density at radius 3 is 2.79 bits per heavy atom. The van der Waals surface area contributed by atoms with Gasteiger partial charge in [0.2, 0.25) is 5.13 Å². The van der Waals surface area contributed by atoms with Crippen LogP contribution in [0.2, 0.25) is 0 Å². The predicted molar refractivity (Wildman–Crippen MR) is 127 cm³/mol. The van der Waals surface area contributed by atoms with Gasteiger partial charge in [0.25, 0.3) is 0 Å². The largest absolute Gasteiger partial charge is 0.416 e. The van der Waals surface area contributed by atoms with Gasteiger partial charge in [0.15, 0.2) is 5.82 Å². The molecule has 6 nitrogen and oxygen atoms in total. The van der Waals surface area contributed by atoms with Crippen LogP contribution in [0.15, 0.2) is 54.4 Å². The summed E-state index contributed by atoms with van der Waals surface area (Å²) in [6.07, 6.45) is 3.18. The fraction of sp³-hybridized carbons (Fsp3) is 0.348. The standard InChI is InChI=1S/C23H25F3N6S/c1-4-20-29-30-22(33-20)27-15(2)32-13-7-12-31(3)19-11-10-18(28-21(19)32)16-8-5-6-9-17(14-16)23(24,25)26/h6,8-11,14H,2,4-5,7,12-13H2,1,3H3,(H,27,30). The second-order valence-corrected chi connectivity index (χ2v) is 8.85. The zero-order valence-corrected chi connectivity index (χ0v) is 19.3. The number of nitrogens with one attached hydrogen (secondary N) is 1. The second kappa shape index (κ2) is 9.38. The van der Waals surface area contributed by atoms with Gasteiger partial charge in [-0.2, -0.15) is 13.2 Å². The lowest BCUT2D eigenvalue weighted by Crippen LogP contribution is -2.28. The molecule has 174 valence electrons. The molecular formula is C23H25F3N6S. The summed E-state index contributed by atoms with van der Waals surface area (Å²) >= 11 is 1.46. The third kappa shape index (κ3) is 5.11. The van der Waals surface area contributed by atoms with Crippen molar-refractivity contribution >= 4 is 33.5 Å². The molecule has 10 heteroatoms. The summed E-state index contributed by atoms with van der Waals surface area (Å²) in [4.78, 5) is 8.87. The predicted octanol–water partition coefficient (Wildman–Crippen LogP) is 5.56. The number of rotatable bonds is 5. The maximum Gasteiger partial charge on any atom is 0.416 e. The maximum absolute atomic E-state index is 13.4. The molecule has 0 bridgehead atoms. The first-order valence-corrected chi connectivity index (χ1v) is 11.5. The molecule has 0 atom stereocenters. The number of aromatic nitrogens is 3. The van der Waals surface area contributed by atoms with Crippen LogP contribution in [0.1, 0.15) is 30.5 Å². The van der Waals surface area contributed by atoms with Crippen LogP contribution >= 0.6 is 11.3 Å². The molecule has 4 rings (SSSR count). The average Bonchev–Trinajstić information content (AvgIpc) is 2.98. The van der Waals surface area contributed by atoms with E-state index >= 15 is 0 Å². The monoisotopic (exact) mass is 474 g/mol. The summed E-state index contributed by atoms with van der Waals surface area (Å²) < 4.78 is 40.1. The molecule has 0 radical (unpaired) electrons. The van der Waals surface area contributed by atoms with Crippen LogP contribution in [0.4, 0.5) is 29.8 Å². The van der Waals surface area contributed by atoms with E-state index in [1.54, 1.807) is 12.1 Å². The van der Waals surface area contributed by atoms with E-state index in [9.17, 15) is 13.2 Å². The first kappa shape index (κ1) is 23.0. The van der Waals surface area contributed by atoms with E-state index in [4.69, 9.17) is 4.98 Å². The zero-order valence-electron chi connectivity index (χ0n) is 18.5. The molecule has 0 fully saturated rings. The number of fused-ring (bicyclic) bond motifs is 1. The van der Waals surface area contributed by atoms with Gasteiger partial charge in [-0.15, -0.1) is 10.2 Å². The molecule has 0 saturated heterocycles. The highest BCUT2D eigenvalue weighted by Gasteiger charge is 2.32. The van der Waals surface area contributed by atoms with E-state index in [-0.39, 0.29) is 0 Å². The van der Waals surface area contributed by atoms with E-state index in [0.29, 0.717) is 41.0 Å². The smallest absolute Gasteiger partial charge is 0.372 e. The zero-order chi connectivity index (χ0) is 23.6. The van der Waals surface area contributed by atoms with Crippen molar-refractivity contribution in [3.05, 3.63) is 65.1 Å². The Hall–Kier alpha value is -3.14. The Labute approximate surface area is 194 Å². The van der Waals surface area contributed by atoms with Crippen molar-refractivity contribution in [1.82, 2.24) is 15.2 Å². The Morgan fingerprint density at radius 2 is 2.06 bits per heavy atom. The van der Waals surface area contributed by atoms with Crippen molar-refractivity contribution < 1.29 is 13.2 Å². The summed E-state index contributed by atoms with van der Waals surface area (Å²) in [5, 5.41) is 13.1. The molecule has 1 aliphatic heterocycles. The first-order valence-electron chi connectivity index (χ1n) is 10.7. The number of alkyl halides is 3. The molecule has 2 aromatic heterocycles. The molecule has 2 aliphatic rings. The third-order valence-corrected chi connectivity index (χ3v) is 6.43. The van der Waals surface area contributed by atoms with Crippen LogP contribution in [0.25, 0.3) is 5.57 Å². The lowest BCUT2D eigenvalue weighted by atomic mass is 10.1. The number of hydrogen-bond donors (Lipinski definition) is 1. The SMILES string of the molecule is C=C(Nc1nnc(CC)s1)N1CCCN(C)c2ccc(C3=CCC=CC(C(F)(F)F)=C3)nc21. The number of pyridine rings is 1. The number of allylic oxidation sites excluding steroid dienone is 6. The molecule has 0 saturated carbocycles. The van der Waals surface area contributed by atoms with E-state index < -0.39 is 11.7 Å².